The van der Waals surface area contributed by atoms with Gasteiger partial charge >= 0.3 is 0 Å². The molecule has 0 bridgehead atoms. The number of fused-ring (bicyclic) bond motifs is 1. The fourth-order valence-electron chi connectivity index (χ4n) is 2.56. The van der Waals surface area contributed by atoms with Gasteiger partial charge in [-0.3, -0.25) is 4.79 Å². The van der Waals surface area contributed by atoms with E-state index in [4.69, 9.17) is 4.74 Å². The molecule has 4 rings (SSSR count). The molecule has 0 radical (unpaired) electrons. The molecule has 0 aliphatic rings. The molecule has 0 fully saturated rings. The standard InChI is InChI=1S/C20H17N5O2/c1-14-11-12-21-20-23-18(24-25(14)20)19(26)22-13-15-7-9-17(10-8-15)27-16-5-3-2-4-6-16/h2-12H,13H2,1H3,(H,22,26). The molecule has 0 spiro atoms. The molecule has 1 amide bonds. The summed E-state index contributed by atoms with van der Waals surface area (Å²) in [6, 6.07) is 18.9. The highest BCUT2D eigenvalue weighted by molar-refractivity contribution is 5.90. The molecule has 0 aliphatic heterocycles. The van der Waals surface area contributed by atoms with Gasteiger partial charge in [0.2, 0.25) is 5.82 Å². The van der Waals surface area contributed by atoms with Gasteiger partial charge in [-0.15, -0.1) is 5.10 Å². The van der Waals surface area contributed by atoms with Crippen molar-refractivity contribution in [1.82, 2.24) is 24.9 Å². The van der Waals surface area contributed by atoms with Gasteiger partial charge in [0.05, 0.1) is 0 Å². The maximum atomic E-state index is 12.3. The van der Waals surface area contributed by atoms with Crippen molar-refractivity contribution in [2.45, 2.75) is 13.5 Å². The van der Waals surface area contributed by atoms with E-state index in [1.807, 2.05) is 67.6 Å². The van der Waals surface area contributed by atoms with Gasteiger partial charge in [0.15, 0.2) is 0 Å². The van der Waals surface area contributed by atoms with Crippen LogP contribution in [0.3, 0.4) is 0 Å². The Morgan fingerprint density at radius 2 is 1.78 bits per heavy atom. The predicted octanol–water partition coefficient (Wildman–Crippen LogP) is 3.16. The number of rotatable bonds is 5. The number of carbonyl (C=O) groups excluding carboxylic acids is 1. The first kappa shape index (κ1) is 16.7. The van der Waals surface area contributed by atoms with Gasteiger partial charge in [0, 0.05) is 18.4 Å². The normalized spacial score (nSPS) is 10.7. The number of para-hydroxylation sites is 1. The lowest BCUT2D eigenvalue weighted by molar-refractivity contribution is 0.0940. The molecule has 0 aliphatic carbocycles. The Balaban J connectivity index is 1.39. The first-order valence-electron chi connectivity index (χ1n) is 8.47. The summed E-state index contributed by atoms with van der Waals surface area (Å²) in [7, 11) is 0. The molecule has 4 aromatic rings. The minimum Gasteiger partial charge on any atom is -0.457 e. The van der Waals surface area contributed by atoms with Crippen LogP contribution in [0.15, 0.2) is 66.9 Å². The van der Waals surface area contributed by atoms with Crippen molar-refractivity contribution in [2.24, 2.45) is 0 Å². The van der Waals surface area contributed by atoms with Gasteiger partial charge in [0.1, 0.15) is 11.5 Å². The number of nitrogens with one attached hydrogen (secondary N) is 1. The number of hydrogen-bond donors (Lipinski definition) is 1. The number of amides is 1. The quantitative estimate of drug-likeness (QED) is 0.592. The average Bonchev–Trinajstić information content (AvgIpc) is 3.14. The summed E-state index contributed by atoms with van der Waals surface area (Å²) in [4.78, 5) is 20.6. The zero-order valence-electron chi connectivity index (χ0n) is 14.7. The number of nitrogens with zero attached hydrogens (tertiary/aromatic N) is 4. The van der Waals surface area contributed by atoms with Crippen LogP contribution in [0.5, 0.6) is 11.5 Å². The molecule has 2 aromatic heterocycles. The molecule has 134 valence electrons. The van der Waals surface area contributed by atoms with Crippen molar-refractivity contribution in [3.63, 3.8) is 0 Å². The molecule has 0 atom stereocenters. The third-order valence-corrected chi connectivity index (χ3v) is 3.99. The van der Waals surface area contributed by atoms with E-state index in [0.29, 0.717) is 12.3 Å². The Morgan fingerprint density at radius 1 is 1.04 bits per heavy atom. The molecule has 7 nitrogen and oxygen atoms in total. The predicted molar refractivity (Wildman–Crippen MR) is 99.6 cm³/mol. The lowest BCUT2D eigenvalue weighted by Gasteiger charge is -2.07. The number of ether oxygens (including phenoxy) is 1. The molecule has 0 saturated heterocycles. The number of aryl methyl sites for hydroxylation is 1. The molecule has 1 N–H and O–H groups in total. The van der Waals surface area contributed by atoms with Crippen molar-refractivity contribution < 1.29 is 9.53 Å². The number of benzene rings is 2. The van der Waals surface area contributed by atoms with Crippen LogP contribution in [0.25, 0.3) is 5.78 Å². The van der Waals surface area contributed by atoms with Gasteiger partial charge in [-0.25, -0.2) is 9.50 Å². The fraction of sp³-hybridized carbons (Fsp3) is 0.100. The Labute approximate surface area is 155 Å². The summed E-state index contributed by atoms with van der Waals surface area (Å²) in [5.41, 5.74) is 1.81. The lowest BCUT2D eigenvalue weighted by Crippen LogP contribution is -2.24. The van der Waals surface area contributed by atoms with Crippen molar-refractivity contribution in [1.29, 1.82) is 0 Å². The number of hydrogen-bond acceptors (Lipinski definition) is 5. The van der Waals surface area contributed by atoms with Crippen molar-refractivity contribution in [3.05, 3.63) is 83.9 Å². The maximum absolute atomic E-state index is 12.3. The minimum absolute atomic E-state index is 0.0980. The van der Waals surface area contributed by atoms with Crippen LogP contribution in [0.4, 0.5) is 0 Å². The molecule has 2 heterocycles. The highest BCUT2D eigenvalue weighted by atomic mass is 16.5. The second kappa shape index (κ2) is 7.25. The first-order chi connectivity index (χ1) is 13.2. The van der Waals surface area contributed by atoms with Gasteiger partial charge in [-0.05, 0) is 42.8 Å². The molecule has 0 saturated carbocycles. The van der Waals surface area contributed by atoms with Crippen LogP contribution >= 0.6 is 0 Å². The highest BCUT2D eigenvalue weighted by Gasteiger charge is 2.14. The molecule has 0 unspecified atom stereocenters. The second-order valence-electron chi connectivity index (χ2n) is 5.98. The Kier molecular flexibility index (Phi) is 4.49. The molecular weight excluding hydrogens is 342 g/mol. The Bertz CT molecular complexity index is 1070. The summed E-state index contributed by atoms with van der Waals surface area (Å²) in [6.45, 7) is 2.25. The zero-order valence-corrected chi connectivity index (χ0v) is 14.7. The maximum Gasteiger partial charge on any atom is 0.291 e. The van der Waals surface area contributed by atoms with Crippen LogP contribution in [0, 0.1) is 6.92 Å². The minimum atomic E-state index is -0.343. The van der Waals surface area contributed by atoms with E-state index in [0.717, 1.165) is 22.8 Å². The van der Waals surface area contributed by atoms with E-state index in [-0.39, 0.29) is 11.7 Å². The summed E-state index contributed by atoms with van der Waals surface area (Å²) < 4.78 is 7.30. The average molecular weight is 359 g/mol. The number of aromatic nitrogens is 4. The first-order valence-corrected chi connectivity index (χ1v) is 8.47. The molecule has 7 heteroatoms. The second-order valence-corrected chi connectivity index (χ2v) is 5.98. The van der Waals surface area contributed by atoms with E-state index in [2.05, 4.69) is 20.4 Å². The van der Waals surface area contributed by atoms with Gasteiger partial charge in [0.25, 0.3) is 11.7 Å². The number of carbonyl (C=O) groups is 1. The SMILES string of the molecule is Cc1ccnc2nc(C(=O)NCc3ccc(Oc4ccccc4)cc3)nn12. The Hall–Kier alpha value is -3.74. The van der Waals surface area contributed by atoms with Gasteiger partial charge in [-0.2, -0.15) is 4.98 Å². The third kappa shape index (κ3) is 3.77. The van der Waals surface area contributed by atoms with Gasteiger partial charge < -0.3 is 10.1 Å². The van der Waals surface area contributed by atoms with Crippen molar-refractivity contribution >= 4 is 11.7 Å². The van der Waals surface area contributed by atoms with E-state index in [1.54, 1.807) is 10.7 Å². The monoisotopic (exact) mass is 359 g/mol. The lowest BCUT2D eigenvalue weighted by atomic mass is 10.2. The van der Waals surface area contributed by atoms with Crippen LogP contribution in [-0.2, 0) is 6.54 Å². The van der Waals surface area contributed by atoms with E-state index >= 15 is 0 Å². The summed E-state index contributed by atoms with van der Waals surface area (Å²) in [5, 5.41) is 7.02. The molecule has 2 aromatic carbocycles. The van der Waals surface area contributed by atoms with Crippen LogP contribution in [0.1, 0.15) is 21.9 Å². The van der Waals surface area contributed by atoms with Crippen LogP contribution in [-0.4, -0.2) is 25.5 Å². The van der Waals surface area contributed by atoms with E-state index in [1.165, 1.54) is 0 Å². The summed E-state index contributed by atoms with van der Waals surface area (Å²) >= 11 is 0. The Morgan fingerprint density at radius 3 is 2.52 bits per heavy atom. The van der Waals surface area contributed by atoms with E-state index < -0.39 is 0 Å². The molecule has 27 heavy (non-hydrogen) atoms. The smallest absolute Gasteiger partial charge is 0.291 e. The fourth-order valence-corrected chi connectivity index (χ4v) is 2.56. The van der Waals surface area contributed by atoms with E-state index in [9.17, 15) is 4.79 Å². The zero-order chi connectivity index (χ0) is 18.6. The summed E-state index contributed by atoms with van der Waals surface area (Å²) in [6.07, 6.45) is 1.64. The summed E-state index contributed by atoms with van der Waals surface area (Å²) in [5.74, 6) is 1.67. The van der Waals surface area contributed by atoms with Gasteiger partial charge in [-0.1, -0.05) is 30.3 Å². The largest absolute Gasteiger partial charge is 0.457 e. The van der Waals surface area contributed by atoms with Crippen LogP contribution in [0.2, 0.25) is 0 Å². The topological polar surface area (TPSA) is 81.4 Å². The molecular formula is C20H17N5O2. The third-order valence-electron chi connectivity index (χ3n) is 3.99. The van der Waals surface area contributed by atoms with Crippen LogP contribution < -0.4 is 10.1 Å². The van der Waals surface area contributed by atoms with Crippen molar-refractivity contribution in [2.75, 3.05) is 0 Å². The van der Waals surface area contributed by atoms with Crippen molar-refractivity contribution in [3.8, 4) is 11.5 Å². The highest BCUT2D eigenvalue weighted by Crippen LogP contribution is 2.21.